The fourth-order valence-electron chi connectivity index (χ4n) is 6.47. The Hall–Kier alpha value is -3.28. The predicted octanol–water partition coefficient (Wildman–Crippen LogP) is 6.08. The Morgan fingerprint density at radius 2 is 1.77 bits per heavy atom. The summed E-state index contributed by atoms with van der Waals surface area (Å²) in [5.41, 5.74) is 0.732. The first-order valence-corrected chi connectivity index (χ1v) is 15.2. The van der Waals surface area contributed by atoms with E-state index in [9.17, 15) is 23.1 Å². The number of morpholine rings is 1. The lowest BCUT2D eigenvalue weighted by atomic mass is 9.74. The third kappa shape index (κ3) is 7.33. The van der Waals surface area contributed by atoms with Crippen molar-refractivity contribution in [1.29, 1.82) is 0 Å². The van der Waals surface area contributed by atoms with Crippen molar-refractivity contribution < 1.29 is 36.9 Å². The molecule has 0 spiro atoms. The average molecular weight is 618 g/mol. The second-order valence-corrected chi connectivity index (χ2v) is 11.9. The Morgan fingerprint density at radius 1 is 1.07 bits per heavy atom. The zero-order valence-corrected chi connectivity index (χ0v) is 25.0. The molecule has 2 aromatic carbocycles. The number of halogens is 4. The summed E-state index contributed by atoms with van der Waals surface area (Å²) in [6.45, 7) is 4.70. The maximum atomic E-state index is 16.4. The van der Waals surface area contributed by atoms with Gasteiger partial charge in [0.25, 0.3) is 0 Å². The first-order valence-electron chi connectivity index (χ1n) is 15.2. The van der Waals surface area contributed by atoms with Gasteiger partial charge in [-0.15, -0.1) is 0 Å². The standard InChI is InChI=1S/C33H39F4N3O4/c1-43-24-4-5-30-26(19-24)31(22(20-38-30)21-40-13-15-44-16-14-40)27(35)6-7-33(32(41)42)8-11-39(12-9-33)10-2-3-25-28(36)17-23(34)18-29(25)37/h4-5,17-20,27H,2-3,6-16,21H2,1H3,(H,41,42)/t27-/m0/s1. The van der Waals surface area contributed by atoms with E-state index in [2.05, 4.69) is 14.8 Å². The second-order valence-electron chi connectivity index (χ2n) is 11.9. The summed E-state index contributed by atoms with van der Waals surface area (Å²) in [6, 6.07) is 6.73. The van der Waals surface area contributed by atoms with Crippen molar-refractivity contribution in [2.45, 2.75) is 51.2 Å². The van der Waals surface area contributed by atoms with Gasteiger partial charge in [-0.2, -0.15) is 0 Å². The Bertz CT molecular complexity index is 1440. The topological polar surface area (TPSA) is 75.1 Å². The lowest BCUT2D eigenvalue weighted by molar-refractivity contribution is -0.153. The highest BCUT2D eigenvalue weighted by atomic mass is 19.1. The Labute approximate surface area is 254 Å². The molecule has 1 aromatic heterocycles. The Kier molecular flexibility index (Phi) is 10.4. The van der Waals surface area contributed by atoms with Gasteiger partial charge in [-0.1, -0.05) is 0 Å². The van der Waals surface area contributed by atoms with E-state index in [1.807, 2.05) is 0 Å². The minimum Gasteiger partial charge on any atom is -0.497 e. The zero-order valence-electron chi connectivity index (χ0n) is 25.0. The van der Waals surface area contributed by atoms with Crippen LogP contribution in [0.2, 0.25) is 0 Å². The molecule has 238 valence electrons. The number of carboxylic acids is 1. The summed E-state index contributed by atoms with van der Waals surface area (Å²) in [7, 11) is 1.56. The maximum Gasteiger partial charge on any atom is 0.309 e. The van der Waals surface area contributed by atoms with Crippen LogP contribution in [-0.4, -0.2) is 78.9 Å². The molecule has 0 bridgehead atoms. The summed E-state index contributed by atoms with van der Waals surface area (Å²) < 4.78 is 68.5. The summed E-state index contributed by atoms with van der Waals surface area (Å²) in [5.74, 6) is -3.10. The number of aliphatic carboxylic acids is 1. The van der Waals surface area contributed by atoms with Crippen molar-refractivity contribution in [2.75, 3.05) is 53.0 Å². The van der Waals surface area contributed by atoms with Gasteiger partial charge in [-0.3, -0.25) is 14.7 Å². The smallest absolute Gasteiger partial charge is 0.309 e. The van der Waals surface area contributed by atoms with E-state index >= 15 is 4.39 Å². The first kappa shape index (κ1) is 32.1. The van der Waals surface area contributed by atoms with Crippen LogP contribution in [0.15, 0.2) is 36.5 Å². The highest BCUT2D eigenvalue weighted by Crippen LogP contribution is 2.42. The average Bonchev–Trinajstić information content (AvgIpc) is 3.01. The van der Waals surface area contributed by atoms with Gasteiger partial charge in [-0.05, 0) is 81.9 Å². The largest absolute Gasteiger partial charge is 0.497 e. The van der Waals surface area contributed by atoms with Gasteiger partial charge in [0.1, 0.15) is 29.4 Å². The van der Waals surface area contributed by atoms with Crippen LogP contribution in [0.4, 0.5) is 17.6 Å². The molecular weight excluding hydrogens is 578 g/mol. The number of nitrogens with zero attached hydrogens (tertiary/aromatic N) is 3. The number of hydrogen-bond acceptors (Lipinski definition) is 6. The molecule has 5 rings (SSSR count). The maximum absolute atomic E-state index is 16.4. The van der Waals surface area contributed by atoms with Crippen LogP contribution in [0.3, 0.4) is 0 Å². The van der Waals surface area contributed by atoms with E-state index in [0.717, 1.165) is 18.7 Å². The normalized spacial score (nSPS) is 18.4. The van der Waals surface area contributed by atoms with Crippen molar-refractivity contribution >= 4 is 16.9 Å². The van der Waals surface area contributed by atoms with Crippen LogP contribution in [-0.2, 0) is 22.5 Å². The number of alkyl halides is 1. The van der Waals surface area contributed by atoms with Crippen LogP contribution in [0.1, 0.15) is 55.0 Å². The van der Waals surface area contributed by atoms with E-state index in [0.29, 0.717) is 93.0 Å². The van der Waals surface area contributed by atoms with Gasteiger partial charge in [0.15, 0.2) is 0 Å². The number of hydrogen-bond donors (Lipinski definition) is 1. The van der Waals surface area contributed by atoms with Crippen LogP contribution >= 0.6 is 0 Å². The minimum absolute atomic E-state index is 0.0435. The van der Waals surface area contributed by atoms with Crippen LogP contribution in [0.5, 0.6) is 5.75 Å². The summed E-state index contributed by atoms with van der Waals surface area (Å²) in [4.78, 5) is 21.4. The number of fused-ring (bicyclic) bond motifs is 1. The second kappa shape index (κ2) is 14.2. The number of aromatic nitrogens is 1. The minimum atomic E-state index is -1.40. The lowest BCUT2D eigenvalue weighted by Crippen LogP contribution is -2.44. The highest BCUT2D eigenvalue weighted by molar-refractivity contribution is 5.85. The number of carboxylic acid groups (broad SMARTS) is 1. The molecule has 0 aliphatic carbocycles. The molecular formula is C33H39F4N3O4. The van der Waals surface area contributed by atoms with E-state index in [-0.39, 0.29) is 24.8 Å². The molecule has 1 N–H and O–H groups in total. The number of rotatable bonds is 12. The first-order chi connectivity index (χ1) is 21.2. The van der Waals surface area contributed by atoms with Crippen LogP contribution in [0, 0.1) is 22.9 Å². The number of piperidine rings is 1. The number of methoxy groups -OCH3 is 1. The fraction of sp³-hybridized carbons (Fsp3) is 0.515. The zero-order chi connectivity index (χ0) is 31.3. The van der Waals surface area contributed by atoms with Crippen molar-refractivity contribution in [1.82, 2.24) is 14.8 Å². The third-order valence-electron chi connectivity index (χ3n) is 9.16. The molecule has 2 fully saturated rings. The van der Waals surface area contributed by atoms with Crippen LogP contribution < -0.4 is 4.74 Å². The van der Waals surface area contributed by atoms with Gasteiger partial charge < -0.3 is 19.5 Å². The number of likely N-dealkylation sites (tertiary alicyclic amines) is 1. The van der Waals surface area contributed by atoms with Crippen molar-refractivity contribution in [3.8, 4) is 5.75 Å². The molecule has 0 amide bonds. The van der Waals surface area contributed by atoms with E-state index in [1.165, 1.54) is 0 Å². The van der Waals surface area contributed by atoms with Gasteiger partial charge in [0.2, 0.25) is 0 Å². The van der Waals surface area contributed by atoms with Crippen LogP contribution in [0.25, 0.3) is 10.9 Å². The summed E-state index contributed by atoms with van der Waals surface area (Å²) in [5, 5.41) is 10.9. The molecule has 2 aliphatic heterocycles. The Balaban J connectivity index is 1.25. The summed E-state index contributed by atoms with van der Waals surface area (Å²) >= 11 is 0. The fourth-order valence-corrected chi connectivity index (χ4v) is 6.47. The van der Waals surface area contributed by atoms with Crippen molar-refractivity contribution in [2.24, 2.45) is 5.41 Å². The molecule has 0 unspecified atom stereocenters. The molecule has 3 aromatic rings. The predicted molar refractivity (Wildman–Crippen MR) is 158 cm³/mol. The van der Waals surface area contributed by atoms with Gasteiger partial charge in [0, 0.05) is 54.5 Å². The SMILES string of the molecule is COc1ccc2ncc(CN3CCOCC3)c([C@@H](F)CCC3(C(=O)O)CCN(CCCc4c(F)cc(F)cc4F)CC3)c2c1. The van der Waals surface area contributed by atoms with E-state index in [4.69, 9.17) is 9.47 Å². The molecule has 7 nitrogen and oxygen atoms in total. The van der Waals surface area contributed by atoms with Gasteiger partial charge >= 0.3 is 5.97 Å². The molecule has 3 heterocycles. The third-order valence-corrected chi connectivity index (χ3v) is 9.16. The molecule has 0 saturated carbocycles. The van der Waals surface area contributed by atoms with Gasteiger partial charge in [-0.25, -0.2) is 17.6 Å². The highest BCUT2D eigenvalue weighted by Gasteiger charge is 2.42. The lowest BCUT2D eigenvalue weighted by Gasteiger charge is -2.39. The molecule has 44 heavy (non-hydrogen) atoms. The number of pyridine rings is 1. The van der Waals surface area contributed by atoms with E-state index in [1.54, 1.807) is 31.5 Å². The van der Waals surface area contributed by atoms with Crippen molar-refractivity contribution in [3.63, 3.8) is 0 Å². The molecule has 2 aliphatic rings. The molecule has 1 atom stereocenters. The Morgan fingerprint density at radius 3 is 2.43 bits per heavy atom. The quantitative estimate of drug-likeness (QED) is 0.247. The molecule has 2 saturated heterocycles. The van der Waals surface area contributed by atoms with E-state index < -0.39 is 35.0 Å². The monoisotopic (exact) mass is 617 g/mol. The van der Waals surface area contributed by atoms with Gasteiger partial charge in [0.05, 0.1) is 31.3 Å². The summed E-state index contributed by atoms with van der Waals surface area (Å²) in [6.07, 6.45) is 1.78. The van der Waals surface area contributed by atoms with Crippen molar-refractivity contribution in [3.05, 3.63) is 70.7 Å². The molecule has 0 radical (unpaired) electrons. The number of carbonyl (C=O) groups is 1. The number of ether oxygens (including phenoxy) is 2. The molecule has 11 heteroatoms. The number of benzene rings is 2.